The molecule has 2 rings (SSSR count). The number of hydrogen-bond donors (Lipinski definition) is 2. The van der Waals surface area contributed by atoms with E-state index in [1.54, 1.807) is 0 Å². The Morgan fingerprint density at radius 1 is 1.11 bits per heavy atom. The van der Waals surface area contributed by atoms with Crippen molar-refractivity contribution in [3.05, 3.63) is 64.5 Å². The molecule has 0 radical (unpaired) electrons. The lowest BCUT2D eigenvalue weighted by Crippen LogP contribution is -2.29. The summed E-state index contributed by atoms with van der Waals surface area (Å²) in [5.41, 5.74) is 9.08. The summed E-state index contributed by atoms with van der Waals surface area (Å²) in [6, 6.07) is 8.76. The fourth-order valence-electron chi connectivity index (χ4n) is 2.21. The van der Waals surface area contributed by atoms with Crippen LogP contribution in [0.1, 0.15) is 33.9 Å². The molecule has 3 heteroatoms. The Bertz CT molecular complexity index is 564. The minimum atomic E-state index is 0.0921. The third-order valence-corrected chi connectivity index (χ3v) is 3.51. The average molecular weight is 255 g/mol. The lowest BCUT2D eigenvalue weighted by Gasteiger charge is -2.17. The summed E-state index contributed by atoms with van der Waals surface area (Å²) in [5.74, 6) is 5.69. The molecular weight excluding hydrogens is 234 g/mol. The molecule has 0 aliphatic carbocycles. The number of nitrogens with two attached hydrogens (primary N) is 1. The number of hydrogen-bond acceptors (Lipinski definition) is 3. The molecule has 0 bridgehead atoms. The first kappa shape index (κ1) is 13.7. The molecule has 3 N–H and O–H groups in total. The van der Waals surface area contributed by atoms with E-state index in [1.807, 2.05) is 19.3 Å². The number of hydrazine groups is 1. The first-order chi connectivity index (χ1) is 9.10. The molecule has 0 amide bonds. The molecule has 100 valence electrons. The fraction of sp³-hybridized carbons (Fsp3) is 0.312. The van der Waals surface area contributed by atoms with Crippen molar-refractivity contribution in [3.63, 3.8) is 0 Å². The molecule has 1 aromatic heterocycles. The number of aromatic nitrogens is 1. The molecule has 2 aromatic rings. The van der Waals surface area contributed by atoms with Crippen molar-refractivity contribution in [2.75, 3.05) is 0 Å². The van der Waals surface area contributed by atoms with Gasteiger partial charge in [0.05, 0.1) is 6.04 Å². The monoisotopic (exact) mass is 255 g/mol. The van der Waals surface area contributed by atoms with Crippen molar-refractivity contribution in [2.45, 2.75) is 33.2 Å². The lowest BCUT2D eigenvalue weighted by molar-refractivity contribution is 0.549. The van der Waals surface area contributed by atoms with Gasteiger partial charge < -0.3 is 0 Å². The summed E-state index contributed by atoms with van der Waals surface area (Å²) in [7, 11) is 0. The second-order valence-electron chi connectivity index (χ2n) is 5.14. The van der Waals surface area contributed by atoms with Gasteiger partial charge in [0.2, 0.25) is 0 Å². The predicted octanol–water partition coefficient (Wildman–Crippen LogP) is 2.75. The van der Waals surface area contributed by atoms with Crippen LogP contribution in [-0.4, -0.2) is 4.98 Å². The Labute approximate surface area is 114 Å². The Hall–Kier alpha value is -1.71. The van der Waals surface area contributed by atoms with E-state index in [4.69, 9.17) is 5.84 Å². The zero-order chi connectivity index (χ0) is 13.8. The molecule has 19 heavy (non-hydrogen) atoms. The van der Waals surface area contributed by atoms with Gasteiger partial charge in [0.25, 0.3) is 0 Å². The highest BCUT2D eigenvalue weighted by Gasteiger charge is 2.11. The molecule has 1 heterocycles. The van der Waals surface area contributed by atoms with Gasteiger partial charge in [0, 0.05) is 12.4 Å². The molecule has 0 saturated carbocycles. The van der Waals surface area contributed by atoms with Crippen LogP contribution >= 0.6 is 0 Å². The van der Waals surface area contributed by atoms with Crippen LogP contribution in [0, 0.1) is 20.8 Å². The van der Waals surface area contributed by atoms with E-state index in [0.29, 0.717) is 0 Å². The molecule has 1 aromatic carbocycles. The predicted molar refractivity (Wildman–Crippen MR) is 78.7 cm³/mol. The van der Waals surface area contributed by atoms with Crippen LogP contribution in [0.3, 0.4) is 0 Å². The van der Waals surface area contributed by atoms with E-state index < -0.39 is 0 Å². The summed E-state index contributed by atoms with van der Waals surface area (Å²) in [6.07, 6.45) is 4.59. The summed E-state index contributed by atoms with van der Waals surface area (Å²) in [5, 5.41) is 0. The standard InChI is InChI=1S/C16H21N3/c1-11-6-15(10-18-9-11)16(19-17)8-14-5-4-12(2)13(3)7-14/h4-7,9-10,16,19H,8,17H2,1-3H3. The SMILES string of the molecule is Cc1cncc(C(Cc2ccc(C)c(C)c2)NN)c1. The molecular formula is C16H21N3. The van der Waals surface area contributed by atoms with Crippen molar-refractivity contribution in [1.29, 1.82) is 0 Å². The van der Waals surface area contributed by atoms with Gasteiger partial charge in [-0.25, -0.2) is 0 Å². The van der Waals surface area contributed by atoms with Crippen LogP contribution in [0.5, 0.6) is 0 Å². The van der Waals surface area contributed by atoms with E-state index in [2.05, 4.69) is 48.5 Å². The fourth-order valence-corrected chi connectivity index (χ4v) is 2.21. The summed E-state index contributed by atoms with van der Waals surface area (Å²) in [6.45, 7) is 6.31. The van der Waals surface area contributed by atoms with Gasteiger partial charge in [-0.05, 0) is 55.0 Å². The van der Waals surface area contributed by atoms with E-state index in [0.717, 1.165) is 17.5 Å². The van der Waals surface area contributed by atoms with Crippen LogP contribution < -0.4 is 11.3 Å². The Morgan fingerprint density at radius 2 is 1.89 bits per heavy atom. The molecule has 1 unspecified atom stereocenters. The third-order valence-electron chi connectivity index (χ3n) is 3.51. The van der Waals surface area contributed by atoms with Gasteiger partial charge in [-0.3, -0.25) is 16.3 Å². The lowest BCUT2D eigenvalue weighted by atomic mass is 9.97. The van der Waals surface area contributed by atoms with Gasteiger partial charge in [-0.15, -0.1) is 0 Å². The second-order valence-corrected chi connectivity index (χ2v) is 5.14. The molecule has 0 aliphatic rings. The molecule has 0 saturated heterocycles. The Morgan fingerprint density at radius 3 is 2.53 bits per heavy atom. The van der Waals surface area contributed by atoms with Gasteiger partial charge in [-0.2, -0.15) is 0 Å². The molecule has 0 aliphatic heterocycles. The number of pyridine rings is 1. The van der Waals surface area contributed by atoms with Gasteiger partial charge in [0.1, 0.15) is 0 Å². The highest BCUT2D eigenvalue weighted by molar-refractivity contribution is 5.31. The number of rotatable bonds is 4. The number of benzene rings is 1. The zero-order valence-electron chi connectivity index (χ0n) is 11.8. The minimum absolute atomic E-state index is 0.0921. The van der Waals surface area contributed by atoms with Crippen molar-refractivity contribution >= 4 is 0 Å². The maximum Gasteiger partial charge on any atom is 0.0515 e. The Kier molecular flexibility index (Phi) is 4.30. The van der Waals surface area contributed by atoms with Gasteiger partial charge in [-0.1, -0.05) is 24.3 Å². The highest BCUT2D eigenvalue weighted by Crippen LogP contribution is 2.19. The largest absolute Gasteiger partial charge is 0.271 e. The van der Waals surface area contributed by atoms with Crippen molar-refractivity contribution in [2.24, 2.45) is 5.84 Å². The maximum absolute atomic E-state index is 5.69. The molecule has 1 atom stereocenters. The first-order valence-electron chi connectivity index (χ1n) is 6.54. The van der Waals surface area contributed by atoms with E-state index >= 15 is 0 Å². The topological polar surface area (TPSA) is 50.9 Å². The quantitative estimate of drug-likeness (QED) is 0.652. The van der Waals surface area contributed by atoms with Crippen LogP contribution in [0.4, 0.5) is 0 Å². The number of nitrogens with zero attached hydrogens (tertiary/aromatic N) is 1. The van der Waals surface area contributed by atoms with Crippen LogP contribution in [0.2, 0.25) is 0 Å². The molecule has 0 spiro atoms. The summed E-state index contributed by atoms with van der Waals surface area (Å²) in [4.78, 5) is 4.23. The smallest absolute Gasteiger partial charge is 0.0515 e. The zero-order valence-corrected chi connectivity index (χ0v) is 11.8. The van der Waals surface area contributed by atoms with E-state index in [1.165, 1.54) is 16.7 Å². The number of nitrogens with one attached hydrogen (secondary N) is 1. The summed E-state index contributed by atoms with van der Waals surface area (Å²) < 4.78 is 0. The maximum atomic E-state index is 5.69. The van der Waals surface area contributed by atoms with Gasteiger partial charge in [0.15, 0.2) is 0 Å². The van der Waals surface area contributed by atoms with Crippen molar-refractivity contribution in [1.82, 2.24) is 10.4 Å². The first-order valence-corrected chi connectivity index (χ1v) is 6.54. The van der Waals surface area contributed by atoms with Crippen LogP contribution in [0.15, 0.2) is 36.7 Å². The van der Waals surface area contributed by atoms with Gasteiger partial charge >= 0.3 is 0 Å². The van der Waals surface area contributed by atoms with Crippen molar-refractivity contribution < 1.29 is 0 Å². The normalized spacial score (nSPS) is 12.4. The van der Waals surface area contributed by atoms with Crippen molar-refractivity contribution in [3.8, 4) is 0 Å². The Balaban J connectivity index is 2.21. The third kappa shape index (κ3) is 3.40. The van der Waals surface area contributed by atoms with E-state index in [9.17, 15) is 0 Å². The summed E-state index contributed by atoms with van der Waals surface area (Å²) >= 11 is 0. The highest BCUT2D eigenvalue weighted by atomic mass is 15.2. The average Bonchev–Trinajstić information content (AvgIpc) is 2.40. The van der Waals surface area contributed by atoms with Crippen LogP contribution in [-0.2, 0) is 6.42 Å². The van der Waals surface area contributed by atoms with E-state index in [-0.39, 0.29) is 6.04 Å². The van der Waals surface area contributed by atoms with Crippen LogP contribution in [0.25, 0.3) is 0 Å². The molecule has 0 fully saturated rings. The molecule has 3 nitrogen and oxygen atoms in total. The number of aryl methyl sites for hydroxylation is 3. The minimum Gasteiger partial charge on any atom is -0.271 e. The second kappa shape index (κ2) is 5.95.